The molecule has 2 rings (SSSR count). The number of alkyl halides is 3. The molecular formula is C15H15F3N4O2. The van der Waals surface area contributed by atoms with Gasteiger partial charge in [0.2, 0.25) is 0 Å². The Morgan fingerprint density at radius 1 is 1.08 bits per heavy atom. The normalized spacial score (nSPS) is 11.1. The van der Waals surface area contributed by atoms with Crippen LogP contribution in [-0.4, -0.2) is 34.1 Å². The number of nitrogens with zero attached hydrogens (tertiary/aromatic N) is 2. The summed E-state index contributed by atoms with van der Waals surface area (Å²) in [5.41, 5.74) is -0.841. The number of aromatic carboxylic acids is 1. The molecule has 2 aromatic rings. The monoisotopic (exact) mass is 340 g/mol. The van der Waals surface area contributed by atoms with Crippen LogP contribution in [0.1, 0.15) is 22.5 Å². The van der Waals surface area contributed by atoms with Gasteiger partial charge in [0.15, 0.2) is 5.69 Å². The number of pyridine rings is 2. The van der Waals surface area contributed by atoms with Crippen molar-refractivity contribution in [3.05, 3.63) is 47.8 Å². The lowest BCUT2D eigenvalue weighted by Gasteiger charge is -2.09. The molecule has 0 aromatic carbocycles. The van der Waals surface area contributed by atoms with Crippen LogP contribution in [0.5, 0.6) is 0 Å². The Morgan fingerprint density at radius 3 is 2.38 bits per heavy atom. The first-order valence-electron chi connectivity index (χ1n) is 7.07. The highest BCUT2D eigenvalue weighted by Crippen LogP contribution is 2.28. The minimum absolute atomic E-state index is 0.0490. The second-order valence-electron chi connectivity index (χ2n) is 4.85. The Balaban J connectivity index is 1.73. The van der Waals surface area contributed by atoms with Crippen LogP contribution in [0.4, 0.5) is 24.8 Å². The Bertz CT molecular complexity index is 690. The molecule has 9 heteroatoms. The van der Waals surface area contributed by atoms with Crippen LogP contribution < -0.4 is 10.6 Å². The molecule has 3 N–H and O–H groups in total. The third-order valence-electron chi connectivity index (χ3n) is 3.02. The van der Waals surface area contributed by atoms with Crippen LogP contribution >= 0.6 is 0 Å². The molecule has 0 spiro atoms. The summed E-state index contributed by atoms with van der Waals surface area (Å²) in [6, 6.07) is 6.87. The van der Waals surface area contributed by atoms with Crippen molar-refractivity contribution in [2.75, 3.05) is 23.7 Å². The van der Waals surface area contributed by atoms with Gasteiger partial charge in [-0.15, -0.1) is 0 Å². The lowest BCUT2D eigenvalue weighted by Crippen LogP contribution is -2.12. The van der Waals surface area contributed by atoms with Gasteiger partial charge in [-0.05, 0) is 30.7 Å². The standard InChI is InChI=1S/C15H15F3N4O2/c16-15(17,18)10-5-6-12(21-9-10)19-7-2-8-20-13-4-1-3-11(22-13)14(23)24/h1,3-6,9H,2,7-8H2,(H,19,21)(H,20,22)(H,23,24). The van der Waals surface area contributed by atoms with Gasteiger partial charge in [0.1, 0.15) is 11.6 Å². The Hall–Kier alpha value is -2.84. The van der Waals surface area contributed by atoms with E-state index in [1.54, 1.807) is 12.1 Å². The Morgan fingerprint density at radius 2 is 1.79 bits per heavy atom. The molecule has 0 saturated carbocycles. The summed E-state index contributed by atoms with van der Waals surface area (Å²) < 4.78 is 37.2. The predicted molar refractivity (Wildman–Crippen MR) is 82.0 cm³/mol. The van der Waals surface area contributed by atoms with Gasteiger partial charge in [0.25, 0.3) is 0 Å². The van der Waals surface area contributed by atoms with Gasteiger partial charge >= 0.3 is 12.1 Å². The SMILES string of the molecule is O=C(O)c1cccc(NCCCNc2ccc(C(F)(F)F)cn2)n1. The summed E-state index contributed by atoms with van der Waals surface area (Å²) >= 11 is 0. The number of hydrogen-bond donors (Lipinski definition) is 3. The first kappa shape index (κ1) is 17.5. The molecule has 24 heavy (non-hydrogen) atoms. The maximum Gasteiger partial charge on any atom is 0.417 e. The minimum Gasteiger partial charge on any atom is -0.477 e. The van der Waals surface area contributed by atoms with Crippen LogP contribution in [0.15, 0.2) is 36.5 Å². The fraction of sp³-hybridized carbons (Fsp3) is 0.267. The summed E-state index contributed by atoms with van der Waals surface area (Å²) in [5, 5.41) is 14.7. The van der Waals surface area contributed by atoms with Gasteiger partial charge in [-0.1, -0.05) is 6.07 Å². The molecule has 0 aliphatic carbocycles. The molecule has 6 nitrogen and oxygen atoms in total. The fourth-order valence-electron chi connectivity index (χ4n) is 1.84. The Labute approximate surface area is 135 Å². The van der Waals surface area contributed by atoms with E-state index in [-0.39, 0.29) is 5.69 Å². The van der Waals surface area contributed by atoms with Crippen molar-refractivity contribution in [1.82, 2.24) is 9.97 Å². The molecule has 0 saturated heterocycles. The van der Waals surface area contributed by atoms with Crippen LogP contribution in [0.25, 0.3) is 0 Å². The van der Waals surface area contributed by atoms with Crippen LogP contribution in [0, 0.1) is 0 Å². The smallest absolute Gasteiger partial charge is 0.417 e. The van der Waals surface area contributed by atoms with Crippen molar-refractivity contribution in [3.63, 3.8) is 0 Å². The van der Waals surface area contributed by atoms with Crippen molar-refractivity contribution in [2.24, 2.45) is 0 Å². The van der Waals surface area contributed by atoms with Crippen LogP contribution in [0.3, 0.4) is 0 Å². The van der Waals surface area contributed by atoms with Crippen molar-refractivity contribution in [3.8, 4) is 0 Å². The maximum absolute atomic E-state index is 12.4. The van der Waals surface area contributed by atoms with Gasteiger partial charge in [-0.25, -0.2) is 14.8 Å². The van der Waals surface area contributed by atoms with E-state index in [9.17, 15) is 18.0 Å². The fourth-order valence-corrected chi connectivity index (χ4v) is 1.84. The van der Waals surface area contributed by atoms with E-state index < -0.39 is 17.7 Å². The van der Waals surface area contributed by atoms with Crippen molar-refractivity contribution in [1.29, 1.82) is 0 Å². The number of anilines is 2. The molecule has 2 aromatic heterocycles. The van der Waals surface area contributed by atoms with Crippen LogP contribution in [-0.2, 0) is 6.18 Å². The molecule has 0 amide bonds. The lowest BCUT2D eigenvalue weighted by molar-refractivity contribution is -0.137. The maximum atomic E-state index is 12.4. The quantitative estimate of drug-likeness (QED) is 0.672. The highest BCUT2D eigenvalue weighted by Gasteiger charge is 2.30. The van der Waals surface area contributed by atoms with E-state index in [0.717, 1.165) is 12.3 Å². The molecule has 2 heterocycles. The average Bonchev–Trinajstić information content (AvgIpc) is 2.54. The van der Waals surface area contributed by atoms with E-state index in [4.69, 9.17) is 5.11 Å². The van der Waals surface area contributed by atoms with E-state index in [2.05, 4.69) is 20.6 Å². The van der Waals surface area contributed by atoms with Crippen molar-refractivity contribution >= 4 is 17.6 Å². The predicted octanol–water partition coefficient (Wildman–Crippen LogP) is 3.11. The highest BCUT2D eigenvalue weighted by molar-refractivity contribution is 5.85. The third kappa shape index (κ3) is 5.11. The Kier molecular flexibility index (Phi) is 5.56. The largest absolute Gasteiger partial charge is 0.477 e. The van der Waals surface area contributed by atoms with E-state index in [1.165, 1.54) is 12.1 Å². The van der Waals surface area contributed by atoms with Gasteiger partial charge < -0.3 is 15.7 Å². The van der Waals surface area contributed by atoms with Gasteiger partial charge in [0, 0.05) is 19.3 Å². The zero-order chi connectivity index (χ0) is 17.6. The summed E-state index contributed by atoms with van der Waals surface area (Å²) in [5.74, 6) is -0.301. The molecule has 0 bridgehead atoms. The summed E-state index contributed by atoms with van der Waals surface area (Å²) in [6.07, 6.45) is -2.98. The molecule has 0 aliphatic heterocycles. The zero-order valence-electron chi connectivity index (χ0n) is 12.5. The first-order chi connectivity index (χ1) is 11.4. The average molecular weight is 340 g/mol. The second kappa shape index (κ2) is 7.62. The van der Waals surface area contributed by atoms with Gasteiger partial charge in [-0.2, -0.15) is 13.2 Å². The molecule has 0 unspecified atom stereocenters. The molecular weight excluding hydrogens is 325 g/mol. The highest BCUT2D eigenvalue weighted by atomic mass is 19.4. The molecule has 0 atom stereocenters. The van der Waals surface area contributed by atoms with Gasteiger partial charge in [-0.3, -0.25) is 0 Å². The third-order valence-corrected chi connectivity index (χ3v) is 3.02. The first-order valence-corrected chi connectivity index (χ1v) is 7.07. The van der Waals surface area contributed by atoms with E-state index in [0.29, 0.717) is 31.1 Å². The summed E-state index contributed by atoms with van der Waals surface area (Å²) in [7, 11) is 0. The number of carboxylic acids is 1. The number of halogens is 3. The van der Waals surface area contributed by atoms with Crippen molar-refractivity contribution < 1.29 is 23.1 Å². The van der Waals surface area contributed by atoms with Crippen LogP contribution in [0.2, 0.25) is 0 Å². The van der Waals surface area contributed by atoms with Crippen molar-refractivity contribution in [2.45, 2.75) is 12.6 Å². The number of rotatable bonds is 7. The molecule has 128 valence electrons. The number of hydrogen-bond acceptors (Lipinski definition) is 5. The minimum atomic E-state index is -4.40. The lowest BCUT2D eigenvalue weighted by atomic mass is 10.3. The topological polar surface area (TPSA) is 87.1 Å². The molecule has 0 fully saturated rings. The number of carboxylic acid groups (broad SMARTS) is 1. The van der Waals surface area contributed by atoms with E-state index >= 15 is 0 Å². The summed E-state index contributed by atoms with van der Waals surface area (Å²) in [4.78, 5) is 18.4. The molecule has 0 radical (unpaired) electrons. The number of carbonyl (C=O) groups is 1. The zero-order valence-corrected chi connectivity index (χ0v) is 12.5. The van der Waals surface area contributed by atoms with E-state index in [1.807, 2.05) is 0 Å². The summed E-state index contributed by atoms with van der Waals surface area (Å²) in [6.45, 7) is 1.01. The second-order valence-corrected chi connectivity index (χ2v) is 4.85. The number of nitrogens with one attached hydrogen (secondary N) is 2. The molecule has 0 aliphatic rings. The number of aromatic nitrogens is 2. The van der Waals surface area contributed by atoms with Gasteiger partial charge in [0.05, 0.1) is 5.56 Å².